The van der Waals surface area contributed by atoms with Crippen LogP contribution in [0.3, 0.4) is 0 Å². The average molecular weight is 539 g/mol. The summed E-state index contributed by atoms with van der Waals surface area (Å²) in [4.78, 5) is 13.3. The molecular formula is C24H26F4N6O2S. The van der Waals surface area contributed by atoms with Crippen LogP contribution in [0.1, 0.15) is 36.9 Å². The van der Waals surface area contributed by atoms with E-state index in [1.54, 1.807) is 29.2 Å². The van der Waals surface area contributed by atoms with E-state index in [-0.39, 0.29) is 18.5 Å². The molecule has 0 amide bonds. The lowest BCUT2D eigenvalue weighted by molar-refractivity contribution is -0.106. The fourth-order valence-corrected chi connectivity index (χ4v) is 5.20. The van der Waals surface area contributed by atoms with Gasteiger partial charge in [-0.3, -0.25) is 9.71 Å². The number of alkyl halides is 3. The van der Waals surface area contributed by atoms with Crippen molar-refractivity contribution in [1.82, 2.24) is 15.0 Å². The number of nitrogens with two attached hydrogens (primary N) is 1. The van der Waals surface area contributed by atoms with Crippen LogP contribution < -0.4 is 15.8 Å². The number of aromatic nitrogens is 3. The highest BCUT2D eigenvalue weighted by molar-refractivity contribution is 7.92. The van der Waals surface area contributed by atoms with Crippen LogP contribution >= 0.6 is 0 Å². The van der Waals surface area contributed by atoms with Gasteiger partial charge in [-0.15, -0.1) is 0 Å². The lowest BCUT2D eigenvalue weighted by Crippen LogP contribution is -2.33. The summed E-state index contributed by atoms with van der Waals surface area (Å²) in [6.07, 6.45) is 2.18. The van der Waals surface area contributed by atoms with Gasteiger partial charge in [-0.25, -0.2) is 22.8 Å². The summed E-state index contributed by atoms with van der Waals surface area (Å²) in [7, 11) is -4.80. The molecule has 1 aromatic carbocycles. The van der Waals surface area contributed by atoms with Crippen molar-refractivity contribution in [2.75, 3.05) is 15.8 Å². The molecule has 2 aromatic heterocycles. The first-order valence-electron chi connectivity index (χ1n) is 11.6. The number of hydrogen-bond acceptors (Lipinski definition) is 7. The van der Waals surface area contributed by atoms with E-state index in [9.17, 15) is 26.0 Å². The number of nitrogens with one attached hydrogen (secondary N) is 2. The van der Waals surface area contributed by atoms with Crippen LogP contribution in [0.4, 0.5) is 29.2 Å². The number of rotatable bonds is 8. The van der Waals surface area contributed by atoms with Gasteiger partial charge >= 0.3 is 6.18 Å². The molecule has 13 heteroatoms. The maximum absolute atomic E-state index is 14.6. The Hall–Kier alpha value is -3.32. The Kier molecular flexibility index (Phi) is 7.93. The molecule has 0 radical (unpaired) electrons. The van der Waals surface area contributed by atoms with E-state index in [0.29, 0.717) is 28.5 Å². The van der Waals surface area contributed by atoms with Gasteiger partial charge in [-0.2, -0.15) is 13.2 Å². The van der Waals surface area contributed by atoms with Crippen molar-refractivity contribution in [1.29, 1.82) is 0 Å². The van der Waals surface area contributed by atoms with Gasteiger partial charge in [0.15, 0.2) is 5.75 Å². The van der Waals surface area contributed by atoms with E-state index >= 15 is 0 Å². The van der Waals surface area contributed by atoms with Crippen LogP contribution in [0.15, 0.2) is 48.8 Å². The highest BCUT2D eigenvalue weighted by Crippen LogP contribution is 2.27. The van der Waals surface area contributed by atoms with Crippen molar-refractivity contribution in [2.24, 2.45) is 5.73 Å². The highest BCUT2D eigenvalue weighted by Gasteiger charge is 2.35. The molecular weight excluding hydrogens is 512 g/mol. The Balaban J connectivity index is 1.50. The SMILES string of the molecule is NC1CCC(Nc2nccc(-c3cccnc3Cc3ccc(NS(=O)(=O)CC(F)(F)F)c(F)c3)n2)CC1. The van der Waals surface area contributed by atoms with Gasteiger partial charge in [0.2, 0.25) is 16.0 Å². The van der Waals surface area contributed by atoms with E-state index in [4.69, 9.17) is 5.73 Å². The smallest absolute Gasteiger partial charge is 0.351 e. The molecule has 0 aliphatic heterocycles. The topological polar surface area (TPSA) is 123 Å². The first kappa shape index (κ1) is 26.7. The molecule has 1 aliphatic rings. The van der Waals surface area contributed by atoms with E-state index in [1.807, 2.05) is 6.07 Å². The first-order valence-corrected chi connectivity index (χ1v) is 13.3. The van der Waals surface area contributed by atoms with Crippen molar-refractivity contribution in [3.63, 3.8) is 0 Å². The van der Waals surface area contributed by atoms with E-state index in [1.165, 1.54) is 6.07 Å². The fraction of sp³-hybridized carbons (Fsp3) is 0.375. The number of anilines is 2. The molecule has 0 atom stereocenters. The van der Waals surface area contributed by atoms with Gasteiger partial charge in [0, 0.05) is 36.5 Å². The van der Waals surface area contributed by atoms with Crippen LogP contribution in [0.5, 0.6) is 0 Å². The Labute approximate surface area is 211 Å². The molecule has 0 spiro atoms. The quantitative estimate of drug-likeness (QED) is 0.367. The minimum Gasteiger partial charge on any atom is -0.351 e. The number of benzene rings is 1. The summed E-state index contributed by atoms with van der Waals surface area (Å²) in [5.41, 5.74) is 7.76. The third kappa shape index (κ3) is 7.59. The number of pyridine rings is 1. The lowest BCUT2D eigenvalue weighted by atomic mass is 9.92. The third-order valence-corrected chi connectivity index (χ3v) is 7.19. The van der Waals surface area contributed by atoms with Crippen molar-refractivity contribution in [3.8, 4) is 11.3 Å². The number of nitrogens with zero attached hydrogens (tertiary/aromatic N) is 3. The minimum absolute atomic E-state index is 0.177. The zero-order valence-corrected chi connectivity index (χ0v) is 20.5. The summed E-state index contributed by atoms with van der Waals surface area (Å²) in [5.74, 6) is -2.63. The third-order valence-electron chi connectivity index (χ3n) is 5.95. The number of halogens is 4. The van der Waals surface area contributed by atoms with Crippen molar-refractivity contribution in [2.45, 2.75) is 50.4 Å². The second-order valence-corrected chi connectivity index (χ2v) is 10.7. The van der Waals surface area contributed by atoms with Crippen LogP contribution in [0.2, 0.25) is 0 Å². The molecule has 8 nitrogen and oxygen atoms in total. The zero-order valence-electron chi connectivity index (χ0n) is 19.7. The van der Waals surface area contributed by atoms with E-state index in [2.05, 4.69) is 20.3 Å². The Morgan fingerprint density at radius 1 is 1.03 bits per heavy atom. The molecule has 0 saturated heterocycles. The average Bonchev–Trinajstić information content (AvgIpc) is 2.81. The molecule has 1 fully saturated rings. The maximum atomic E-state index is 14.6. The molecule has 3 aromatic rings. The Morgan fingerprint density at radius 2 is 1.78 bits per heavy atom. The van der Waals surface area contributed by atoms with Crippen LogP contribution in [-0.4, -0.2) is 47.4 Å². The Morgan fingerprint density at radius 3 is 2.49 bits per heavy atom. The molecule has 4 rings (SSSR count). The minimum atomic E-state index is -4.95. The summed E-state index contributed by atoms with van der Waals surface area (Å²) in [6, 6.07) is 9.34. The van der Waals surface area contributed by atoms with Gasteiger partial charge < -0.3 is 11.1 Å². The van der Waals surface area contributed by atoms with Gasteiger partial charge in [-0.1, -0.05) is 6.07 Å². The number of sulfonamides is 1. The van der Waals surface area contributed by atoms with E-state index < -0.39 is 33.5 Å². The molecule has 1 aliphatic carbocycles. The van der Waals surface area contributed by atoms with Gasteiger partial charge in [0.25, 0.3) is 0 Å². The van der Waals surface area contributed by atoms with Gasteiger partial charge in [0.05, 0.1) is 17.1 Å². The largest absolute Gasteiger partial charge is 0.404 e. The molecule has 198 valence electrons. The predicted molar refractivity (Wildman–Crippen MR) is 132 cm³/mol. The molecule has 2 heterocycles. The standard InChI is InChI=1S/C24H26F4N6O2S/c25-19-12-15(3-8-21(19)34-37(35,36)14-24(26,27)28)13-22-18(2-1-10-30-22)20-9-11-31-23(33-20)32-17-6-4-16(29)5-7-17/h1-3,8-12,16-17,34H,4-7,13-14,29H2,(H,31,32,33). The van der Waals surface area contributed by atoms with Gasteiger partial charge in [0.1, 0.15) is 5.82 Å². The van der Waals surface area contributed by atoms with E-state index in [0.717, 1.165) is 37.8 Å². The highest BCUT2D eigenvalue weighted by atomic mass is 32.2. The molecule has 37 heavy (non-hydrogen) atoms. The maximum Gasteiger partial charge on any atom is 0.404 e. The first-order chi connectivity index (χ1) is 17.5. The van der Waals surface area contributed by atoms with Crippen LogP contribution in [0.25, 0.3) is 11.3 Å². The normalized spacial score (nSPS) is 18.4. The molecule has 0 bridgehead atoms. The Bertz CT molecular complexity index is 1350. The summed E-state index contributed by atoms with van der Waals surface area (Å²) in [6.45, 7) is 0. The zero-order chi connectivity index (χ0) is 26.6. The summed E-state index contributed by atoms with van der Waals surface area (Å²) >= 11 is 0. The fourth-order valence-electron chi connectivity index (χ4n) is 4.20. The summed E-state index contributed by atoms with van der Waals surface area (Å²) < 4.78 is 77.0. The van der Waals surface area contributed by atoms with Crippen molar-refractivity contribution >= 4 is 21.7 Å². The second-order valence-electron chi connectivity index (χ2n) is 8.99. The lowest BCUT2D eigenvalue weighted by Gasteiger charge is -2.26. The van der Waals surface area contributed by atoms with Crippen LogP contribution in [0, 0.1) is 5.82 Å². The van der Waals surface area contributed by atoms with Crippen LogP contribution in [-0.2, 0) is 16.4 Å². The number of hydrogen-bond donors (Lipinski definition) is 3. The van der Waals surface area contributed by atoms with Crippen molar-refractivity contribution < 1.29 is 26.0 Å². The molecule has 0 unspecified atom stereocenters. The molecule has 4 N–H and O–H groups in total. The second kappa shape index (κ2) is 11.0. The van der Waals surface area contributed by atoms with Crippen molar-refractivity contribution in [3.05, 3.63) is 65.9 Å². The monoisotopic (exact) mass is 538 g/mol. The predicted octanol–water partition coefficient (Wildman–Crippen LogP) is 4.25. The molecule has 1 saturated carbocycles. The van der Waals surface area contributed by atoms with Gasteiger partial charge in [-0.05, 0) is 61.6 Å². The summed E-state index contributed by atoms with van der Waals surface area (Å²) in [5, 5.41) is 3.35.